The lowest BCUT2D eigenvalue weighted by molar-refractivity contribution is -0.153. The minimum atomic E-state index is -0.649. The molecule has 1 spiro atoms. The number of rotatable bonds is 6. The highest BCUT2D eigenvalue weighted by Crippen LogP contribution is 2.47. The first-order valence-electron chi connectivity index (χ1n) is 14.2. The van der Waals surface area contributed by atoms with Crippen molar-refractivity contribution >= 4 is 29.2 Å². The molecule has 2 aromatic rings. The van der Waals surface area contributed by atoms with Crippen LogP contribution in [0.5, 0.6) is 0 Å². The van der Waals surface area contributed by atoms with Crippen molar-refractivity contribution in [2.75, 3.05) is 43.5 Å². The van der Waals surface area contributed by atoms with Gasteiger partial charge in [0.2, 0.25) is 17.7 Å². The number of pyridine rings is 1. The Morgan fingerprint density at radius 1 is 1.18 bits per heavy atom. The second-order valence-corrected chi connectivity index (χ2v) is 11.5. The van der Waals surface area contributed by atoms with Crippen LogP contribution >= 0.6 is 0 Å². The molecular weight excluding hydrogens is 494 g/mol. The van der Waals surface area contributed by atoms with Crippen LogP contribution in [-0.2, 0) is 37.4 Å². The molecule has 0 saturated carbocycles. The van der Waals surface area contributed by atoms with Crippen LogP contribution in [-0.4, -0.2) is 66.5 Å². The lowest BCUT2D eigenvalue weighted by Crippen LogP contribution is -2.56. The molecule has 2 fully saturated rings. The Morgan fingerprint density at radius 2 is 2.00 bits per heavy atom. The third-order valence-electron chi connectivity index (χ3n) is 9.33. The zero-order valence-corrected chi connectivity index (χ0v) is 22.6. The van der Waals surface area contributed by atoms with Gasteiger partial charge in [-0.15, -0.1) is 0 Å². The Kier molecular flexibility index (Phi) is 6.89. The minimum absolute atomic E-state index is 0.00212. The number of piperidine rings is 1. The summed E-state index contributed by atoms with van der Waals surface area (Å²) in [4.78, 5) is 46.6. The first-order chi connectivity index (χ1) is 18.9. The summed E-state index contributed by atoms with van der Waals surface area (Å²) in [7, 11) is 0. The van der Waals surface area contributed by atoms with Crippen molar-refractivity contribution < 1.29 is 19.1 Å². The van der Waals surface area contributed by atoms with Crippen molar-refractivity contribution in [1.82, 2.24) is 15.2 Å². The molecule has 4 aliphatic rings. The topological polar surface area (TPSA) is 113 Å². The van der Waals surface area contributed by atoms with Gasteiger partial charge in [-0.05, 0) is 80.8 Å². The number of fused-ring (bicyclic) bond motifs is 3. The maximum atomic E-state index is 14.0. The summed E-state index contributed by atoms with van der Waals surface area (Å²) >= 11 is 0. The lowest BCUT2D eigenvalue weighted by atomic mass is 9.76. The molecule has 9 heteroatoms. The summed E-state index contributed by atoms with van der Waals surface area (Å²) in [6, 6.07) is 9.72. The quantitative estimate of drug-likeness (QED) is 0.529. The molecule has 0 bridgehead atoms. The fourth-order valence-corrected chi connectivity index (χ4v) is 6.95. The Bertz CT molecular complexity index is 1280. The van der Waals surface area contributed by atoms with E-state index in [0.717, 1.165) is 42.5 Å². The summed E-state index contributed by atoms with van der Waals surface area (Å²) < 4.78 is 5.57. The molecular formula is C30H37N5O4. The van der Waals surface area contributed by atoms with Gasteiger partial charge in [0.05, 0.1) is 10.8 Å². The van der Waals surface area contributed by atoms with Gasteiger partial charge < -0.3 is 25.6 Å². The largest absolute Gasteiger partial charge is 0.381 e. The summed E-state index contributed by atoms with van der Waals surface area (Å²) in [5.74, 6) is 0.493. The van der Waals surface area contributed by atoms with E-state index in [9.17, 15) is 14.4 Å². The summed E-state index contributed by atoms with van der Waals surface area (Å²) in [5.41, 5.74) is 2.66. The molecule has 206 valence electrons. The van der Waals surface area contributed by atoms with Crippen molar-refractivity contribution in [2.24, 2.45) is 5.41 Å². The van der Waals surface area contributed by atoms with Gasteiger partial charge >= 0.3 is 0 Å². The molecule has 1 aromatic heterocycles. The molecule has 3 N–H and O–H groups in total. The summed E-state index contributed by atoms with van der Waals surface area (Å²) in [6.45, 7) is 4.89. The monoisotopic (exact) mass is 531 g/mol. The molecule has 1 aromatic carbocycles. The van der Waals surface area contributed by atoms with Crippen molar-refractivity contribution in [1.29, 1.82) is 0 Å². The van der Waals surface area contributed by atoms with Crippen molar-refractivity contribution in [3.05, 3.63) is 53.2 Å². The van der Waals surface area contributed by atoms with E-state index in [1.807, 2.05) is 35.2 Å². The van der Waals surface area contributed by atoms with E-state index in [2.05, 4.69) is 27.9 Å². The van der Waals surface area contributed by atoms with Gasteiger partial charge in [0.1, 0.15) is 12.4 Å². The fourth-order valence-electron chi connectivity index (χ4n) is 6.95. The molecule has 4 heterocycles. The van der Waals surface area contributed by atoms with Gasteiger partial charge in [-0.3, -0.25) is 14.4 Å². The van der Waals surface area contributed by atoms with E-state index in [0.29, 0.717) is 56.9 Å². The molecule has 39 heavy (non-hydrogen) atoms. The predicted octanol–water partition coefficient (Wildman–Crippen LogP) is 2.80. The maximum Gasteiger partial charge on any atom is 0.244 e. The van der Waals surface area contributed by atoms with E-state index in [-0.39, 0.29) is 30.3 Å². The number of hydrogen-bond donors (Lipinski definition) is 3. The normalized spacial score (nSPS) is 25.1. The number of benzene rings is 1. The third kappa shape index (κ3) is 4.61. The number of aromatic nitrogens is 1. The smallest absolute Gasteiger partial charge is 0.244 e. The molecule has 0 radical (unpaired) electrons. The highest BCUT2D eigenvalue weighted by molar-refractivity contribution is 6.06. The molecule has 3 aliphatic heterocycles. The minimum Gasteiger partial charge on any atom is -0.381 e. The molecule has 1 aliphatic carbocycles. The van der Waals surface area contributed by atoms with Crippen LogP contribution in [0.4, 0.5) is 11.5 Å². The number of ether oxygens (including phenoxy) is 1. The van der Waals surface area contributed by atoms with E-state index in [1.54, 1.807) is 6.20 Å². The van der Waals surface area contributed by atoms with Crippen LogP contribution in [0.2, 0.25) is 0 Å². The number of nitrogens with zero attached hydrogens (tertiary/aromatic N) is 2. The van der Waals surface area contributed by atoms with Gasteiger partial charge in [0.25, 0.3) is 0 Å². The summed E-state index contributed by atoms with van der Waals surface area (Å²) in [5, 5.41) is 9.39. The first-order valence-corrected chi connectivity index (χ1v) is 14.2. The highest BCUT2D eigenvalue weighted by atomic mass is 16.5. The fraction of sp³-hybridized carbons (Fsp3) is 0.533. The third-order valence-corrected chi connectivity index (χ3v) is 9.33. The number of carbonyl (C=O) groups excluding carboxylic acids is 3. The lowest BCUT2D eigenvalue weighted by Gasteiger charge is -2.43. The zero-order chi connectivity index (χ0) is 27.0. The molecule has 9 nitrogen and oxygen atoms in total. The van der Waals surface area contributed by atoms with Crippen molar-refractivity contribution in [3.8, 4) is 0 Å². The number of anilines is 2. The molecule has 2 saturated heterocycles. The Labute approximate surface area is 229 Å². The van der Waals surface area contributed by atoms with Crippen molar-refractivity contribution in [2.45, 2.75) is 63.3 Å². The zero-order valence-electron chi connectivity index (χ0n) is 22.6. The average molecular weight is 532 g/mol. The van der Waals surface area contributed by atoms with Gasteiger partial charge in [-0.25, -0.2) is 4.98 Å². The van der Waals surface area contributed by atoms with Crippen LogP contribution in [0.15, 0.2) is 36.5 Å². The molecule has 3 amide bonds. The van der Waals surface area contributed by atoms with Gasteiger partial charge in [-0.2, -0.15) is 0 Å². The van der Waals surface area contributed by atoms with Crippen LogP contribution < -0.4 is 16.0 Å². The number of hydrogen-bond acceptors (Lipinski definition) is 6. The Morgan fingerprint density at radius 3 is 2.77 bits per heavy atom. The molecule has 6 rings (SSSR count). The van der Waals surface area contributed by atoms with Gasteiger partial charge in [0.15, 0.2) is 0 Å². The van der Waals surface area contributed by atoms with E-state index in [4.69, 9.17) is 4.74 Å². The molecule has 2 atom stereocenters. The van der Waals surface area contributed by atoms with Crippen molar-refractivity contribution in [3.63, 3.8) is 0 Å². The van der Waals surface area contributed by atoms with Crippen LogP contribution in [0.3, 0.4) is 0 Å². The highest BCUT2D eigenvalue weighted by Gasteiger charge is 2.51. The van der Waals surface area contributed by atoms with E-state index >= 15 is 0 Å². The number of carbonyl (C=O) groups is 3. The van der Waals surface area contributed by atoms with E-state index < -0.39 is 10.8 Å². The van der Waals surface area contributed by atoms with Gasteiger partial charge in [-0.1, -0.05) is 19.1 Å². The Hall–Kier alpha value is -3.30. The second kappa shape index (κ2) is 10.4. The van der Waals surface area contributed by atoms with Crippen LogP contribution in [0, 0.1) is 5.41 Å². The van der Waals surface area contributed by atoms with Gasteiger partial charge in [0, 0.05) is 43.2 Å². The summed E-state index contributed by atoms with van der Waals surface area (Å²) in [6.07, 6.45) is 6.87. The standard InChI is InChI=1S/C30H37N5O4/c1-2-29(9-13-39-14-10-29)28(38)35(23-5-3-11-31-18-23)19-25(36)33-22-8-7-20-16-30(17-21(20)15-22)24-6-4-12-32-26(24)34-27(30)37/h4,6-8,12,15,23,31H,2-3,5,9-11,13-14,16-19H2,1H3,(H,33,36)(H,32,34,37)/t23-,30+/m0/s1. The maximum absolute atomic E-state index is 14.0. The van der Waals surface area contributed by atoms with Crippen LogP contribution in [0.1, 0.15) is 55.7 Å². The predicted molar refractivity (Wildman–Crippen MR) is 147 cm³/mol. The number of nitrogens with one attached hydrogen (secondary N) is 3. The van der Waals surface area contributed by atoms with E-state index in [1.165, 1.54) is 0 Å². The Balaban J connectivity index is 1.19. The van der Waals surface area contributed by atoms with Crippen LogP contribution in [0.25, 0.3) is 0 Å². The average Bonchev–Trinajstić information content (AvgIpc) is 3.49. The SMILES string of the molecule is CCC1(C(=O)N(CC(=O)Nc2ccc3c(c2)C[C@@]2(C3)C(=O)Nc3ncccc32)[C@H]2CCCNC2)CCOCC1. The first kappa shape index (κ1) is 26.0. The second-order valence-electron chi connectivity index (χ2n) is 11.5. The molecule has 0 unspecified atom stereocenters. The number of amides is 3.